The topological polar surface area (TPSA) is 29.5 Å². The third-order valence-corrected chi connectivity index (χ3v) is 2.83. The number of nitrogens with zero attached hydrogens (tertiary/aromatic N) is 1. The molecule has 0 bridgehead atoms. The van der Waals surface area contributed by atoms with Crippen molar-refractivity contribution in [2.45, 2.75) is 13.8 Å². The molecule has 1 aliphatic rings. The van der Waals surface area contributed by atoms with Gasteiger partial charge in [-0.1, -0.05) is 12.8 Å². The van der Waals surface area contributed by atoms with Crippen LogP contribution in [0.5, 0.6) is 5.75 Å². The summed E-state index contributed by atoms with van der Waals surface area (Å²) in [6, 6.07) is 5.67. The first-order valence-corrected chi connectivity index (χ1v) is 5.60. The number of ether oxygens (including phenoxy) is 1. The summed E-state index contributed by atoms with van der Waals surface area (Å²) < 4.78 is 5.62. The van der Waals surface area contributed by atoms with Crippen molar-refractivity contribution >= 4 is 11.6 Å². The fourth-order valence-electron chi connectivity index (χ4n) is 1.86. The fourth-order valence-corrected chi connectivity index (χ4v) is 1.86. The number of carbonyl (C=O) groups excluding carboxylic acids is 1. The Kier molecular flexibility index (Phi) is 3.06. The molecule has 0 fully saturated rings. The van der Waals surface area contributed by atoms with E-state index in [4.69, 9.17) is 4.74 Å². The summed E-state index contributed by atoms with van der Waals surface area (Å²) in [6.07, 6.45) is 0. The maximum atomic E-state index is 12.0. The number of anilines is 1. The van der Waals surface area contributed by atoms with Crippen molar-refractivity contribution in [3.63, 3.8) is 0 Å². The van der Waals surface area contributed by atoms with Crippen molar-refractivity contribution in [3.8, 4) is 17.6 Å². The van der Waals surface area contributed by atoms with Gasteiger partial charge in [0.15, 0.2) is 0 Å². The van der Waals surface area contributed by atoms with Crippen molar-refractivity contribution in [2.24, 2.45) is 5.92 Å². The molecule has 0 spiro atoms. The van der Waals surface area contributed by atoms with Crippen LogP contribution in [0.4, 0.5) is 5.69 Å². The molecule has 1 aromatic carbocycles. The molecule has 0 N–H and O–H groups in total. The van der Waals surface area contributed by atoms with Crippen molar-refractivity contribution in [1.82, 2.24) is 0 Å². The van der Waals surface area contributed by atoms with Gasteiger partial charge >= 0.3 is 0 Å². The molecule has 1 aromatic rings. The quantitative estimate of drug-likeness (QED) is 0.637. The lowest BCUT2D eigenvalue weighted by atomic mass is 10.1. The highest BCUT2D eigenvalue weighted by Crippen LogP contribution is 2.32. The Balaban J connectivity index is 2.48. The number of rotatable bonds is 0. The summed E-state index contributed by atoms with van der Waals surface area (Å²) in [4.78, 5) is 13.6. The van der Waals surface area contributed by atoms with Crippen LogP contribution >= 0.6 is 0 Å². The van der Waals surface area contributed by atoms with Crippen LogP contribution < -0.4 is 9.64 Å². The normalized spacial score (nSPS) is 18.6. The molecule has 1 amide bonds. The van der Waals surface area contributed by atoms with Crippen molar-refractivity contribution in [3.05, 3.63) is 23.8 Å². The van der Waals surface area contributed by atoms with Gasteiger partial charge in [0.25, 0.3) is 0 Å². The minimum Gasteiger partial charge on any atom is -0.491 e. The van der Waals surface area contributed by atoms with Crippen LogP contribution in [0.3, 0.4) is 0 Å². The molecule has 0 aromatic heterocycles. The highest BCUT2D eigenvalue weighted by molar-refractivity contribution is 5.96. The molecule has 1 atom stereocenters. The molecule has 1 aliphatic heterocycles. The number of amides is 1. The van der Waals surface area contributed by atoms with Crippen LogP contribution in [0, 0.1) is 17.8 Å². The van der Waals surface area contributed by atoms with E-state index in [9.17, 15) is 4.79 Å². The first-order valence-electron chi connectivity index (χ1n) is 5.60. The number of hydrogen-bond acceptors (Lipinski definition) is 2. The summed E-state index contributed by atoms with van der Waals surface area (Å²) in [5.41, 5.74) is 1.68. The number of hydrogen-bond donors (Lipinski definition) is 0. The van der Waals surface area contributed by atoms with E-state index in [1.165, 1.54) is 0 Å². The Morgan fingerprint density at radius 2 is 2.24 bits per heavy atom. The fraction of sp³-hybridized carbons (Fsp3) is 0.357. The molecule has 0 aliphatic carbocycles. The van der Waals surface area contributed by atoms with Gasteiger partial charge in [-0.2, -0.15) is 0 Å². The SMILES string of the molecule is CC#Cc1ccc2c(c1)N(C)C(=O)[C@@H](C)CO2. The summed E-state index contributed by atoms with van der Waals surface area (Å²) in [5.74, 6) is 6.53. The van der Waals surface area contributed by atoms with Gasteiger partial charge in [-0.3, -0.25) is 4.79 Å². The molecule has 1 heterocycles. The van der Waals surface area contributed by atoms with Gasteiger partial charge in [0.05, 0.1) is 18.2 Å². The highest BCUT2D eigenvalue weighted by Gasteiger charge is 2.25. The number of fused-ring (bicyclic) bond motifs is 1. The summed E-state index contributed by atoms with van der Waals surface area (Å²) in [6.45, 7) is 4.09. The minimum absolute atomic E-state index is 0.0744. The summed E-state index contributed by atoms with van der Waals surface area (Å²) in [7, 11) is 1.77. The van der Waals surface area contributed by atoms with Gasteiger partial charge < -0.3 is 9.64 Å². The Bertz CT molecular complexity index is 511. The van der Waals surface area contributed by atoms with Gasteiger partial charge in [-0.05, 0) is 25.1 Å². The van der Waals surface area contributed by atoms with Crippen LogP contribution in [0.25, 0.3) is 0 Å². The van der Waals surface area contributed by atoms with Crippen molar-refractivity contribution < 1.29 is 9.53 Å². The van der Waals surface area contributed by atoms with E-state index >= 15 is 0 Å². The van der Waals surface area contributed by atoms with E-state index in [2.05, 4.69) is 11.8 Å². The monoisotopic (exact) mass is 229 g/mol. The molecule has 0 unspecified atom stereocenters. The van der Waals surface area contributed by atoms with E-state index < -0.39 is 0 Å². The van der Waals surface area contributed by atoms with Crippen LogP contribution in [-0.2, 0) is 4.79 Å². The van der Waals surface area contributed by atoms with E-state index in [0.717, 1.165) is 17.0 Å². The molecule has 0 radical (unpaired) electrons. The summed E-state index contributed by atoms with van der Waals surface area (Å²) in [5, 5.41) is 0. The van der Waals surface area contributed by atoms with Gasteiger partial charge in [-0.25, -0.2) is 0 Å². The van der Waals surface area contributed by atoms with E-state index in [0.29, 0.717) is 6.61 Å². The standard InChI is InChI=1S/C14H15NO2/c1-4-5-11-6-7-13-12(8-11)15(3)14(16)10(2)9-17-13/h6-8,10H,9H2,1-3H3/t10-/m0/s1. The summed E-state index contributed by atoms with van der Waals surface area (Å²) >= 11 is 0. The third-order valence-electron chi connectivity index (χ3n) is 2.83. The average Bonchev–Trinajstić information content (AvgIpc) is 2.43. The molecule has 3 heteroatoms. The lowest BCUT2D eigenvalue weighted by Crippen LogP contribution is -2.31. The number of carbonyl (C=O) groups is 1. The van der Waals surface area contributed by atoms with Gasteiger partial charge in [-0.15, -0.1) is 5.92 Å². The second-order valence-corrected chi connectivity index (χ2v) is 4.17. The Morgan fingerprint density at radius 3 is 2.94 bits per heavy atom. The van der Waals surface area contributed by atoms with Gasteiger partial charge in [0.1, 0.15) is 5.75 Å². The lowest BCUT2D eigenvalue weighted by molar-refractivity contribution is -0.122. The number of benzene rings is 1. The predicted octanol–water partition coefficient (Wildman–Crippen LogP) is 2.05. The second-order valence-electron chi connectivity index (χ2n) is 4.17. The first-order chi connectivity index (χ1) is 8.13. The third kappa shape index (κ3) is 2.12. The molecular weight excluding hydrogens is 214 g/mol. The average molecular weight is 229 g/mol. The Hall–Kier alpha value is -1.95. The van der Waals surface area contributed by atoms with Crippen LogP contribution in [0.2, 0.25) is 0 Å². The molecule has 3 nitrogen and oxygen atoms in total. The van der Waals surface area contributed by atoms with Crippen LogP contribution in [-0.4, -0.2) is 19.6 Å². The molecular formula is C14H15NO2. The molecule has 0 saturated carbocycles. The van der Waals surface area contributed by atoms with Crippen molar-refractivity contribution in [2.75, 3.05) is 18.6 Å². The molecule has 17 heavy (non-hydrogen) atoms. The van der Waals surface area contributed by atoms with E-state index in [-0.39, 0.29) is 11.8 Å². The van der Waals surface area contributed by atoms with Crippen LogP contribution in [0.15, 0.2) is 18.2 Å². The first kappa shape index (κ1) is 11.5. The zero-order valence-electron chi connectivity index (χ0n) is 10.3. The maximum absolute atomic E-state index is 12.0. The predicted molar refractivity (Wildman–Crippen MR) is 67.1 cm³/mol. The minimum atomic E-state index is -0.117. The smallest absolute Gasteiger partial charge is 0.233 e. The Labute approximate surface area is 101 Å². The zero-order valence-corrected chi connectivity index (χ0v) is 10.3. The van der Waals surface area contributed by atoms with Gasteiger partial charge in [0.2, 0.25) is 5.91 Å². The highest BCUT2D eigenvalue weighted by atomic mass is 16.5. The Morgan fingerprint density at radius 1 is 1.47 bits per heavy atom. The zero-order chi connectivity index (χ0) is 12.4. The van der Waals surface area contributed by atoms with E-state index in [1.807, 2.05) is 25.1 Å². The van der Waals surface area contributed by atoms with Crippen molar-refractivity contribution in [1.29, 1.82) is 0 Å². The van der Waals surface area contributed by atoms with Crippen LogP contribution in [0.1, 0.15) is 19.4 Å². The molecule has 2 rings (SSSR count). The second kappa shape index (κ2) is 4.50. The largest absolute Gasteiger partial charge is 0.491 e. The molecule has 88 valence electrons. The lowest BCUT2D eigenvalue weighted by Gasteiger charge is -2.17. The van der Waals surface area contributed by atoms with Gasteiger partial charge in [0, 0.05) is 12.6 Å². The molecule has 0 saturated heterocycles. The van der Waals surface area contributed by atoms with E-state index in [1.54, 1.807) is 18.9 Å². The maximum Gasteiger partial charge on any atom is 0.233 e.